The third-order valence-corrected chi connectivity index (χ3v) is 3.02. The summed E-state index contributed by atoms with van der Waals surface area (Å²) >= 11 is 1.73. The van der Waals surface area contributed by atoms with Gasteiger partial charge in [-0.3, -0.25) is 0 Å². The summed E-state index contributed by atoms with van der Waals surface area (Å²) in [5, 5.41) is 12.9. The number of aryl methyl sites for hydroxylation is 1. The third kappa shape index (κ3) is 4.61. The van der Waals surface area contributed by atoms with E-state index < -0.39 is 0 Å². The molecule has 0 heterocycles. The van der Waals surface area contributed by atoms with E-state index in [1.165, 1.54) is 0 Å². The summed E-state index contributed by atoms with van der Waals surface area (Å²) < 4.78 is 0. The molecular formula is C13H17NOS. The number of terminal acetylenes is 1. The second-order valence-electron chi connectivity index (χ2n) is 3.57. The smallest absolute Gasteiger partial charge is 0.120 e. The molecular weight excluding hydrogens is 218 g/mol. The number of benzene rings is 1. The predicted molar refractivity (Wildman–Crippen MR) is 70.7 cm³/mol. The molecule has 0 aliphatic heterocycles. The van der Waals surface area contributed by atoms with Gasteiger partial charge in [0.05, 0.1) is 5.75 Å². The van der Waals surface area contributed by atoms with Gasteiger partial charge < -0.3 is 10.4 Å². The molecule has 0 aliphatic carbocycles. The van der Waals surface area contributed by atoms with E-state index in [1.807, 2.05) is 19.1 Å². The van der Waals surface area contributed by atoms with Crippen molar-refractivity contribution in [3.8, 4) is 18.1 Å². The molecule has 0 saturated heterocycles. The molecule has 0 spiro atoms. The maximum atomic E-state index is 9.60. The van der Waals surface area contributed by atoms with Crippen molar-refractivity contribution in [2.45, 2.75) is 13.5 Å². The molecule has 0 aliphatic rings. The standard InChI is InChI=1S/C13H17NOS/c1-3-7-16-8-6-14-10-12-9-11(2)4-5-13(12)15/h1,4-5,9,14-15H,6-8,10H2,2H3. The normalized spacial score (nSPS) is 10.0. The molecule has 1 aromatic rings. The number of hydrogen-bond acceptors (Lipinski definition) is 3. The zero-order valence-corrected chi connectivity index (χ0v) is 10.3. The number of phenolic OH excluding ortho intramolecular Hbond substituents is 1. The zero-order valence-electron chi connectivity index (χ0n) is 9.49. The largest absolute Gasteiger partial charge is 0.508 e. The molecule has 16 heavy (non-hydrogen) atoms. The summed E-state index contributed by atoms with van der Waals surface area (Å²) in [5.41, 5.74) is 2.11. The molecule has 3 heteroatoms. The predicted octanol–water partition coefficient (Wildman–Crippen LogP) is 2.16. The number of hydrogen-bond donors (Lipinski definition) is 2. The minimum Gasteiger partial charge on any atom is -0.508 e. The Kier molecular flexibility index (Phi) is 5.84. The Morgan fingerprint density at radius 1 is 1.50 bits per heavy atom. The van der Waals surface area contributed by atoms with E-state index in [-0.39, 0.29) is 0 Å². The SMILES string of the molecule is C#CCSCCNCc1cc(C)ccc1O. The Morgan fingerprint density at radius 2 is 2.31 bits per heavy atom. The first-order chi connectivity index (χ1) is 7.74. The molecule has 0 aromatic heterocycles. The van der Waals surface area contributed by atoms with Crippen LogP contribution in [0.2, 0.25) is 0 Å². The van der Waals surface area contributed by atoms with Crippen LogP contribution >= 0.6 is 11.8 Å². The number of thioether (sulfide) groups is 1. The van der Waals surface area contributed by atoms with E-state index in [2.05, 4.69) is 11.2 Å². The highest BCUT2D eigenvalue weighted by molar-refractivity contribution is 7.99. The van der Waals surface area contributed by atoms with E-state index in [1.54, 1.807) is 17.8 Å². The van der Waals surface area contributed by atoms with Crippen LogP contribution in [0, 0.1) is 19.3 Å². The average molecular weight is 235 g/mol. The highest BCUT2D eigenvalue weighted by atomic mass is 32.2. The molecule has 0 radical (unpaired) electrons. The summed E-state index contributed by atoms with van der Waals surface area (Å²) in [6.07, 6.45) is 5.15. The fraction of sp³-hybridized carbons (Fsp3) is 0.385. The lowest BCUT2D eigenvalue weighted by Crippen LogP contribution is -2.16. The van der Waals surface area contributed by atoms with Crippen molar-refractivity contribution in [2.75, 3.05) is 18.1 Å². The topological polar surface area (TPSA) is 32.3 Å². The van der Waals surface area contributed by atoms with Crippen molar-refractivity contribution in [3.05, 3.63) is 29.3 Å². The Hall–Kier alpha value is -1.11. The third-order valence-electron chi connectivity index (χ3n) is 2.16. The highest BCUT2D eigenvalue weighted by Gasteiger charge is 2.00. The van der Waals surface area contributed by atoms with Crippen LogP contribution < -0.4 is 5.32 Å². The first-order valence-electron chi connectivity index (χ1n) is 5.24. The van der Waals surface area contributed by atoms with E-state index in [9.17, 15) is 5.11 Å². The van der Waals surface area contributed by atoms with Gasteiger partial charge in [0, 0.05) is 24.4 Å². The van der Waals surface area contributed by atoms with E-state index in [0.717, 1.165) is 29.2 Å². The minimum absolute atomic E-state index is 0.356. The summed E-state index contributed by atoms with van der Waals surface area (Å²) in [6, 6.07) is 5.64. The fourth-order valence-electron chi connectivity index (χ4n) is 1.35. The maximum absolute atomic E-state index is 9.60. The molecule has 2 N–H and O–H groups in total. The summed E-state index contributed by atoms with van der Waals surface area (Å²) in [6.45, 7) is 3.62. The van der Waals surface area contributed by atoms with Gasteiger partial charge in [-0.1, -0.05) is 23.6 Å². The number of aromatic hydroxyl groups is 1. The van der Waals surface area contributed by atoms with Crippen LogP contribution in [-0.2, 0) is 6.54 Å². The quantitative estimate of drug-likeness (QED) is 0.585. The minimum atomic E-state index is 0.356. The molecule has 0 atom stereocenters. The number of phenols is 1. The Morgan fingerprint density at radius 3 is 3.06 bits per heavy atom. The van der Waals surface area contributed by atoms with Crippen molar-refractivity contribution in [2.24, 2.45) is 0 Å². The van der Waals surface area contributed by atoms with Crippen LogP contribution in [0.25, 0.3) is 0 Å². The fourth-order valence-corrected chi connectivity index (χ4v) is 1.91. The van der Waals surface area contributed by atoms with E-state index in [4.69, 9.17) is 6.42 Å². The van der Waals surface area contributed by atoms with Crippen molar-refractivity contribution >= 4 is 11.8 Å². The summed E-state index contributed by atoms with van der Waals surface area (Å²) in [4.78, 5) is 0. The summed E-state index contributed by atoms with van der Waals surface area (Å²) in [7, 11) is 0. The van der Waals surface area contributed by atoms with Gasteiger partial charge in [0.2, 0.25) is 0 Å². The van der Waals surface area contributed by atoms with Gasteiger partial charge in [-0.25, -0.2) is 0 Å². The molecule has 1 aromatic carbocycles. The van der Waals surface area contributed by atoms with Crippen LogP contribution in [0.3, 0.4) is 0 Å². The monoisotopic (exact) mass is 235 g/mol. The van der Waals surface area contributed by atoms with Gasteiger partial charge in [0.15, 0.2) is 0 Å². The Balaban J connectivity index is 2.27. The van der Waals surface area contributed by atoms with E-state index >= 15 is 0 Å². The van der Waals surface area contributed by atoms with Crippen molar-refractivity contribution < 1.29 is 5.11 Å². The van der Waals surface area contributed by atoms with Crippen molar-refractivity contribution in [1.29, 1.82) is 0 Å². The molecule has 86 valence electrons. The van der Waals surface area contributed by atoms with Gasteiger partial charge >= 0.3 is 0 Å². The molecule has 0 amide bonds. The zero-order chi connectivity index (χ0) is 11.8. The molecule has 0 fully saturated rings. The Bertz CT molecular complexity index is 371. The molecule has 0 saturated carbocycles. The van der Waals surface area contributed by atoms with Crippen LogP contribution in [-0.4, -0.2) is 23.2 Å². The maximum Gasteiger partial charge on any atom is 0.120 e. The Labute approximate surface area is 101 Å². The lowest BCUT2D eigenvalue weighted by atomic mass is 10.1. The lowest BCUT2D eigenvalue weighted by molar-refractivity contribution is 0.465. The molecule has 1 rings (SSSR count). The second kappa shape index (κ2) is 7.21. The van der Waals surface area contributed by atoms with Crippen molar-refractivity contribution in [3.63, 3.8) is 0 Å². The average Bonchev–Trinajstić information content (AvgIpc) is 2.28. The van der Waals surface area contributed by atoms with E-state index in [0.29, 0.717) is 12.3 Å². The lowest BCUT2D eigenvalue weighted by Gasteiger charge is -2.07. The van der Waals surface area contributed by atoms with Crippen LogP contribution in [0.15, 0.2) is 18.2 Å². The van der Waals surface area contributed by atoms with Gasteiger partial charge in [0.25, 0.3) is 0 Å². The first kappa shape index (κ1) is 13.0. The highest BCUT2D eigenvalue weighted by Crippen LogP contribution is 2.17. The van der Waals surface area contributed by atoms with Crippen LogP contribution in [0.4, 0.5) is 0 Å². The molecule has 2 nitrogen and oxygen atoms in total. The van der Waals surface area contributed by atoms with Crippen molar-refractivity contribution in [1.82, 2.24) is 5.32 Å². The molecule has 0 bridgehead atoms. The first-order valence-corrected chi connectivity index (χ1v) is 6.40. The second-order valence-corrected chi connectivity index (χ2v) is 4.67. The van der Waals surface area contributed by atoms with Crippen LogP contribution in [0.5, 0.6) is 5.75 Å². The summed E-state index contributed by atoms with van der Waals surface area (Å²) in [5.74, 6) is 4.70. The van der Waals surface area contributed by atoms with Crippen LogP contribution in [0.1, 0.15) is 11.1 Å². The van der Waals surface area contributed by atoms with Gasteiger partial charge in [0.1, 0.15) is 5.75 Å². The van der Waals surface area contributed by atoms with Gasteiger partial charge in [-0.2, -0.15) is 0 Å². The molecule has 0 unspecified atom stereocenters. The number of nitrogens with one attached hydrogen (secondary N) is 1. The van der Waals surface area contributed by atoms with Gasteiger partial charge in [-0.15, -0.1) is 18.2 Å². The van der Waals surface area contributed by atoms with Gasteiger partial charge in [-0.05, 0) is 13.0 Å². The number of rotatable bonds is 6.